The van der Waals surface area contributed by atoms with Crippen molar-refractivity contribution in [2.75, 3.05) is 11.9 Å². The molecule has 0 aliphatic carbocycles. The first kappa shape index (κ1) is 13.6. The summed E-state index contributed by atoms with van der Waals surface area (Å²) in [5.74, 6) is 0.143. The molecule has 1 amide bonds. The second-order valence-electron chi connectivity index (χ2n) is 4.82. The maximum atomic E-state index is 12.6. The Morgan fingerprint density at radius 2 is 2.33 bits per heavy atom. The summed E-state index contributed by atoms with van der Waals surface area (Å²) in [5, 5.41) is 5.21. The SMILES string of the molecule is CCc1nn(C)cc1C(=O)N1CCCCC1CBr. The molecule has 2 heterocycles. The van der Waals surface area contributed by atoms with Crippen molar-refractivity contribution in [2.45, 2.75) is 38.6 Å². The first-order chi connectivity index (χ1) is 8.67. The van der Waals surface area contributed by atoms with Crippen LogP contribution in [0.25, 0.3) is 0 Å². The van der Waals surface area contributed by atoms with Gasteiger partial charge in [0, 0.05) is 31.2 Å². The van der Waals surface area contributed by atoms with Crippen LogP contribution in [0.15, 0.2) is 6.20 Å². The number of piperidine rings is 1. The van der Waals surface area contributed by atoms with E-state index >= 15 is 0 Å². The monoisotopic (exact) mass is 313 g/mol. The van der Waals surface area contributed by atoms with Crippen LogP contribution in [0.3, 0.4) is 0 Å². The van der Waals surface area contributed by atoms with E-state index in [0.29, 0.717) is 6.04 Å². The van der Waals surface area contributed by atoms with E-state index in [0.717, 1.165) is 42.4 Å². The molecule has 1 unspecified atom stereocenters. The van der Waals surface area contributed by atoms with E-state index in [2.05, 4.69) is 21.0 Å². The third-order valence-electron chi connectivity index (χ3n) is 3.54. The molecule has 0 spiro atoms. The van der Waals surface area contributed by atoms with Crippen molar-refractivity contribution in [1.82, 2.24) is 14.7 Å². The Morgan fingerprint density at radius 3 is 3.00 bits per heavy atom. The largest absolute Gasteiger partial charge is 0.335 e. The lowest BCUT2D eigenvalue weighted by atomic mass is 10.0. The molecule has 1 aliphatic heterocycles. The Balaban J connectivity index is 2.23. The van der Waals surface area contributed by atoms with Gasteiger partial charge in [-0.25, -0.2) is 0 Å². The quantitative estimate of drug-likeness (QED) is 0.804. The number of aryl methyl sites for hydroxylation is 2. The molecule has 0 N–H and O–H groups in total. The number of amides is 1. The van der Waals surface area contributed by atoms with Gasteiger partial charge < -0.3 is 4.90 Å². The van der Waals surface area contributed by atoms with Crippen LogP contribution in [-0.2, 0) is 13.5 Å². The third-order valence-corrected chi connectivity index (χ3v) is 4.28. The summed E-state index contributed by atoms with van der Waals surface area (Å²) in [6.45, 7) is 2.91. The van der Waals surface area contributed by atoms with E-state index in [4.69, 9.17) is 0 Å². The molecule has 0 radical (unpaired) electrons. The molecule has 1 fully saturated rings. The molecule has 1 aromatic rings. The number of halogens is 1. The van der Waals surface area contributed by atoms with E-state index in [1.54, 1.807) is 4.68 Å². The fourth-order valence-electron chi connectivity index (χ4n) is 2.56. The van der Waals surface area contributed by atoms with Crippen molar-refractivity contribution in [3.8, 4) is 0 Å². The van der Waals surface area contributed by atoms with Crippen LogP contribution in [0.1, 0.15) is 42.2 Å². The Kier molecular flexibility index (Phi) is 4.43. The van der Waals surface area contributed by atoms with E-state index in [-0.39, 0.29) is 5.91 Å². The number of hydrogen-bond donors (Lipinski definition) is 0. The smallest absolute Gasteiger partial charge is 0.257 e. The van der Waals surface area contributed by atoms with E-state index in [1.807, 2.05) is 25.1 Å². The number of carbonyl (C=O) groups is 1. The van der Waals surface area contributed by atoms with Gasteiger partial charge in [0.1, 0.15) is 0 Å². The summed E-state index contributed by atoms with van der Waals surface area (Å²) in [6.07, 6.45) is 6.07. The number of hydrogen-bond acceptors (Lipinski definition) is 2. The number of aromatic nitrogens is 2. The molecule has 0 saturated carbocycles. The predicted molar refractivity (Wildman–Crippen MR) is 75.1 cm³/mol. The van der Waals surface area contributed by atoms with Gasteiger partial charge in [-0.1, -0.05) is 22.9 Å². The Morgan fingerprint density at radius 1 is 1.56 bits per heavy atom. The number of likely N-dealkylation sites (tertiary alicyclic amines) is 1. The van der Waals surface area contributed by atoms with Gasteiger partial charge >= 0.3 is 0 Å². The zero-order valence-electron chi connectivity index (χ0n) is 11.0. The molecule has 0 bridgehead atoms. The molecular formula is C13H20BrN3O. The van der Waals surface area contributed by atoms with Gasteiger partial charge in [-0.05, 0) is 25.7 Å². The Labute approximate surface area is 116 Å². The minimum absolute atomic E-state index is 0.143. The summed E-state index contributed by atoms with van der Waals surface area (Å²) in [7, 11) is 1.87. The van der Waals surface area contributed by atoms with Crippen LogP contribution in [0.5, 0.6) is 0 Å². The standard InChI is InChI=1S/C13H20BrN3O/c1-3-12-11(9-16(2)15-12)13(18)17-7-5-4-6-10(17)8-14/h9-10H,3-8H2,1-2H3. The normalized spacial score (nSPS) is 20.2. The Hall–Kier alpha value is -0.840. The zero-order chi connectivity index (χ0) is 13.1. The van der Waals surface area contributed by atoms with E-state index in [9.17, 15) is 4.79 Å². The van der Waals surface area contributed by atoms with E-state index in [1.165, 1.54) is 6.42 Å². The average Bonchev–Trinajstić information content (AvgIpc) is 2.79. The second kappa shape index (κ2) is 5.87. The van der Waals surface area contributed by atoms with Crippen LogP contribution in [0.4, 0.5) is 0 Å². The predicted octanol–water partition coefficient (Wildman–Crippen LogP) is 2.37. The summed E-state index contributed by atoms with van der Waals surface area (Å²) in [6, 6.07) is 0.330. The fourth-order valence-corrected chi connectivity index (χ4v) is 3.23. The molecule has 100 valence electrons. The topological polar surface area (TPSA) is 38.1 Å². The second-order valence-corrected chi connectivity index (χ2v) is 5.47. The molecule has 18 heavy (non-hydrogen) atoms. The molecule has 1 atom stereocenters. The highest BCUT2D eigenvalue weighted by atomic mass is 79.9. The van der Waals surface area contributed by atoms with Gasteiger partial charge in [0.15, 0.2) is 0 Å². The maximum absolute atomic E-state index is 12.6. The number of nitrogens with zero attached hydrogens (tertiary/aromatic N) is 3. The maximum Gasteiger partial charge on any atom is 0.257 e. The lowest BCUT2D eigenvalue weighted by Gasteiger charge is -2.34. The van der Waals surface area contributed by atoms with Gasteiger partial charge in [-0.15, -0.1) is 0 Å². The zero-order valence-corrected chi connectivity index (χ0v) is 12.6. The molecule has 1 aromatic heterocycles. The molecule has 5 heteroatoms. The number of rotatable bonds is 3. The van der Waals surface area contributed by atoms with Gasteiger partial charge in [-0.2, -0.15) is 5.10 Å². The molecule has 2 rings (SSSR count). The minimum Gasteiger partial charge on any atom is -0.335 e. The summed E-state index contributed by atoms with van der Waals surface area (Å²) in [5.41, 5.74) is 1.68. The lowest BCUT2D eigenvalue weighted by molar-refractivity contribution is 0.0640. The lowest BCUT2D eigenvalue weighted by Crippen LogP contribution is -2.44. The van der Waals surface area contributed by atoms with Crippen molar-refractivity contribution >= 4 is 21.8 Å². The van der Waals surface area contributed by atoms with Crippen LogP contribution in [0, 0.1) is 0 Å². The Bertz CT molecular complexity index is 430. The highest BCUT2D eigenvalue weighted by molar-refractivity contribution is 9.09. The average molecular weight is 314 g/mol. The first-order valence-corrected chi connectivity index (χ1v) is 7.69. The summed E-state index contributed by atoms with van der Waals surface area (Å²) < 4.78 is 1.74. The number of alkyl halides is 1. The van der Waals surface area contributed by atoms with Gasteiger partial charge in [0.25, 0.3) is 5.91 Å². The van der Waals surface area contributed by atoms with Crippen molar-refractivity contribution < 1.29 is 4.79 Å². The molecule has 1 aliphatic rings. The van der Waals surface area contributed by atoms with Crippen molar-refractivity contribution in [3.05, 3.63) is 17.5 Å². The van der Waals surface area contributed by atoms with Crippen molar-refractivity contribution in [2.24, 2.45) is 7.05 Å². The minimum atomic E-state index is 0.143. The van der Waals surface area contributed by atoms with Gasteiger partial charge in [-0.3, -0.25) is 9.48 Å². The van der Waals surface area contributed by atoms with Crippen LogP contribution in [0.2, 0.25) is 0 Å². The van der Waals surface area contributed by atoms with Crippen LogP contribution >= 0.6 is 15.9 Å². The summed E-state index contributed by atoms with van der Waals surface area (Å²) >= 11 is 3.52. The number of carbonyl (C=O) groups excluding carboxylic acids is 1. The molecule has 0 aromatic carbocycles. The molecular weight excluding hydrogens is 294 g/mol. The highest BCUT2D eigenvalue weighted by Crippen LogP contribution is 2.22. The first-order valence-electron chi connectivity index (χ1n) is 6.56. The van der Waals surface area contributed by atoms with Crippen LogP contribution < -0.4 is 0 Å². The third kappa shape index (κ3) is 2.60. The molecule has 1 saturated heterocycles. The van der Waals surface area contributed by atoms with E-state index < -0.39 is 0 Å². The summed E-state index contributed by atoms with van der Waals surface area (Å²) in [4.78, 5) is 14.6. The fraction of sp³-hybridized carbons (Fsp3) is 0.692. The molecule has 4 nitrogen and oxygen atoms in total. The highest BCUT2D eigenvalue weighted by Gasteiger charge is 2.28. The van der Waals surface area contributed by atoms with Gasteiger partial charge in [0.05, 0.1) is 11.3 Å². The van der Waals surface area contributed by atoms with Crippen molar-refractivity contribution in [1.29, 1.82) is 0 Å². The van der Waals surface area contributed by atoms with Crippen LogP contribution in [-0.4, -0.2) is 38.5 Å². The van der Waals surface area contributed by atoms with Crippen molar-refractivity contribution in [3.63, 3.8) is 0 Å². The van der Waals surface area contributed by atoms with Gasteiger partial charge in [0.2, 0.25) is 0 Å².